The van der Waals surface area contributed by atoms with E-state index in [1.54, 1.807) is 0 Å². The molecule has 0 spiro atoms. The summed E-state index contributed by atoms with van der Waals surface area (Å²) in [5.41, 5.74) is 4.53. The van der Waals surface area contributed by atoms with Gasteiger partial charge < -0.3 is 18.7 Å². The summed E-state index contributed by atoms with van der Waals surface area (Å²) in [4.78, 5) is 0. The summed E-state index contributed by atoms with van der Waals surface area (Å²) < 4.78 is 18.8. The number of aryl methyl sites for hydroxylation is 2. The smallest absolute Gasteiger partial charge is 0.191 e. The van der Waals surface area contributed by atoms with Gasteiger partial charge in [-0.2, -0.15) is 0 Å². The average molecular weight is 569 g/mol. The molecule has 0 fully saturated rings. The number of aliphatic hydroxyl groups excluding tert-OH is 1. The number of unbranched alkanes of at least 4 members (excludes halogenated alkanes) is 3. The molecule has 2 rings (SSSR count). The topological polar surface area (TPSA) is 51.8 Å². The Morgan fingerprint density at radius 3 is 2.48 bits per heavy atom. The highest BCUT2D eigenvalue weighted by Gasteiger charge is 2.37. The van der Waals surface area contributed by atoms with E-state index in [-0.39, 0.29) is 11.6 Å². The van der Waals surface area contributed by atoms with Crippen LogP contribution >= 0.6 is 0 Å². The minimum absolute atomic E-state index is 0.179. The molecule has 0 aliphatic rings. The first-order valence-electron chi connectivity index (χ1n) is 15.4. The van der Waals surface area contributed by atoms with Crippen LogP contribution in [0.3, 0.4) is 0 Å². The van der Waals surface area contributed by atoms with Crippen molar-refractivity contribution in [2.75, 3.05) is 19.8 Å². The fraction of sp³-hybridized carbons (Fsp3) is 0.600. The maximum absolute atomic E-state index is 9.24. The molecule has 0 saturated carbocycles. The fourth-order valence-electron chi connectivity index (χ4n) is 4.44. The Morgan fingerprint density at radius 2 is 1.82 bits per heavy atom. The van der Waals surface area contributed by atoms with E-state index in [0.717, 1.165) is 54.4 Å². The molecule has 1 aromatic heterocycles. The van der Waals surface area contributed by atoms with Crippen LogP contribution in [0.1, 0.15) is 91.2 Å². The van der Waals surface area contributed by atoms with Crippen LogP contribution in [0.25, 0.3) is 24.0 Å². The lowest BCUT2D eigenvalue weighted by Crippen LogP contribution is -2.42. The molecular formula is C35H56O4Si. The lowest BCUT2D eigenvalue weighted by Gasteiger charge is -2.37. The number of ether oxygens (including phenoxy) is 1. The quantitative estimate of drug-likeness (QED) is 0.119. The average Bonchev–Trinajstić information content (AvgIpc) is 3.28. The molecule has 1 N–H and O–H groups in total. The first-order chi connectivity index (χ1) is 18.9. The standard InChI is InChI=1S/C35H56O4Si/c1-10-12-13-16-29-19-21-33(31(11-2)23-29)34-24-32(28(4)39-34)20-18-27(3)37-25-30(17-14-15-22-36)26-38-40(8,9)35(5,6)7/h18-21,23-24,30,36H,4,10-17,22,25-26H2,1-3,5-9H3/b27-18+,32-20-. The molecule has 2 aromatic rings. The van der Waals surface area contributed by atoms with E-state index >= 15 is 0 Å². The summed E-state index contributed by atoms with van der Waals surface area (Å²) >= 11 is 0. The van der Waals surface area contributed by atoms with Gasteiger partial charge in [-0.25, -0.2) is 0 Å². The van der Waals surface area contributed by atoms with Crippen LogP contribution in [0.5, 0.6) is 0 Å². The van der Waals surface area contributed by atoms with Gasteiger partial charge in [-0.1, -0.05) is 78.7 Å². The maximum atomic E-state index is 9.24. The second-order valence-electron chi connectivity index (χ2n) is 12.7. The van der Waals surface area contributed by atoms with Crippen molar-refractivity contribution in [3.8, 4) is 11.3 Å². The van der Waals surface area contributed by atoms with Gasteiger partial charge in [0, 0.05) is 29.9 Å². The van der Waals surface area contributed by atoms with Crippen LogP contribution in [0.4, 0.5) is 0 Å². The van der Waals surface area contributed by atoms with Crippen LogP contribution in [-0.2, 0) is 22.0 Å². The lowest BCUT2D eigenvalue weighted by atomic mass is 9.97. The third-order valence-corrected chi connectivity index (χ3v) is 12.8. The van der Waals surface area contributed by atoms with E-state index in [2.05, 4.69) is 78.6 Å². The van der Waals surface area contributed by atoms with Crippen LogP contribution in [0.2, 0.25) is 18.1 Å². The van der Waals surface area contributed by atoms with Crippen molar-refractivity contribution >= 4 is 21.0 Å². The number of hydrogen-bond donors (Lipinski definition) is 1. The normalized spacial score (nSPS) is 14.1. The monoisotopic (exact) mass is 568 g/mol. The van der Waals surface area contributed by atoms with Gasteiger partial charge in [0.1, 0.15) is 11.2 Å². The van der Waals surface area contributed by atoms with Gasteiger partial charge in [-0.15, -0.1) is 0 Å². The van der Waals surface area contributed by atoms with Gasteiger partial charge in [0.25, 0.3) is 0 Å². The summed E-state index contributed by atoms with van der Waals surface area (Å²) in [5, 5.41) is 10.4. The van der Waals surface area contributed by atoms with Crippen LogP contribution < -0.4 is 10.6 Å². The number of benzene rings is 1. The van der Waals surface area contributed by atoms with Crippen molar-refractivity contribution in [3.63, 3.8) is 0 Å². The molecular weight excluding hydrogens is 512 g/mol. The highest BCUT2D eigenvalue weighted by molar-refractivity contribution is 6.74. The van der Waals surface area contributed by atoms with Crippen LogP contribution in [-0.4, -0.2) is 33.2 Å². The van der Waals surface area contributed by atoms with Crippen molar-refractivity contribution in [1.82, 2.24) is 0 Å². The summed E-state index contributed by atoms with van der Waals surface area (Å²) in [5.74, 6) is 2.02. The Labute approximate surface area is 245 Å². The molecule has 1 aromatic carbocycles. The van der Waals surface area contributed by atoms with Crippen LogP contribution in [0, 0.1) is 5.92 Å². The molecule has 5 heteroatoms. The van der Waals surface area contributed by atoms with E-state index < -0.39 is 8.32 Å². The lowest BCUT2D eigenvalue weighted by molar-refractivity contribution is 0.114. The Morgan fingerprint density at radius 1 is 1.07 bits per heavy atom. The fourth-order valence-corrected chi connectivity index (χ4v) is 5.52. The van der Waals surface area contributed by atoms with Crippen molar-refractivity contribution in [1.29, 1.82) is 0 Å². The third-order valence-electron chi connectivity index (χ3n) is 8.28. The van der Waals surface area contributed by atoms with Gasteiger partial charge >= 0.3 is 0 Å². The predicted molar refractivity (Wildman–Crippen MR) is 173 cm³/mol. The van der Waals surface area contributed by atoms with Gasteiger partial charge in [0.15, 0.2) is 8.32 Å². The first-order valence-corrected chi connectivity index (χ1v) is 18.3. The van der Waals surface area contributed by atoms with E-state index in [1.165, 1.54) is 30.4 Å². The summed E-state index contributed by atoms with van der Waals surface area (Å²) in [6.07, 6.45) is 12.7. The zero-order valence-corrected chi connectivity index (χ0v) is 27.7. The maximum Gasteiger partial charge on any atom is 0.191 e. The number of hydrogen-bond acceptors (Lipinski definition) is 4. The van der Waals surface area contributed by atoms with Crippen molar-refractivity contribution in [2.45, 2.75) is 111 Å². The number of furan rings is 1. The molecule has 1 atom stereocenters. The molecule has 0 aliphatic carbocycles. The van der Waals surface area contributed by atoms with Gasteiger partial charge in [-0.3, -0.25) is 0 Å². The number of rotatable bonds is 17. The van der Waals surface area contributed by atoms with Gasteiger partial charge in [0.05, 0.1) is 12.4 Å². The van der Waals surface area contributed by atoms with E-state index in [4.69, 9.17) is 13.6 Å². The van der Waals surface area contributed by atoms with Crippen molar-refractivity contribution in [3.05, 3.63) is 57.9 Å². The van der Waals surface area contributed by atoms with Crippen molar-refractivity contribution < 1.29 is 18.7 Å². The predicted octanol–water partition coefficient (Wildman–Crippen LogP) is 8.15. The van der Waals surface area contributed by atoms with Gasteiger partial charge in [-0.05, 0) is 86.5 Å². The third kappa shape index (κ3) is 10.7. The second kappa shape index (κ2) is 16.4. The molecule has 4 nitrogen and oxygen atoms in total. The van der Waals surface area contributed by atoms with E-state index in [9.17, 15) is 5.11 Å². The van der Waals surface area contributed by atoms with E-state index in [0.29, 0.717) is 24.5 Å². The van der Waals surface area contributed by atoms with Crippen molar-refractivity contribution in [2.24, 2.45) is 5.92 Å². The molecule has 0 bridgehead atoms. The molecule has 0 amide bonds. The molecule has 0 saturated heterocycles. The molecule has 40 heavy (non-hydrogen) atoms. The Balaban J connectivity index is 2.11. The Hall–Kier alpha value is -2.08. The summed E-state index contributed by atoms with van der Waals surface area (Å²) in [6, 6.07) is 8.86. The molecule has 0 aliphatic heterocycles. The zero-order chi connectivity index (χ0) is 29.8. The molecule has 0 radical (unpaired) electrons. The number of allylic oxidation sites excluding steroid dienone is 2. The number of aliphatic hydroxyl groups is 1. The van der Waals surface area contributed by atoms with Crippen LogP contribution in [0.15, 0.2) is 40.5 Å². The second-order valence-corrected chi connectivity index (χ2v) is 17.5. The highest BCUT2D eigenvalue weighted by Crippen LogP contribution is 2.37. The summed E-state index contributed by atoms with van der Waals surface area (Å²) in [6.45, 7) is 23.5. The summed E-state index contributed by atoms with van der Waals surface area (Å²) in [7, 11) is -1.82. The van der Waals surface area contributed by atoms with Gasteiger partial charge in [0.2, 0.25) is 0 Å². The first kappa shape index (κ1) is 34.1. The minimum atomic E-state index is -1.82. The minimum Gasteiger partial charge on any atom is -0.498 e. The molecule has 1 unspecified atom stereocenters. The highest BCUT2D eigenvalue weighted by atomic mass is 28.4. The van der Waals surface area contributed by atoms with E-state index in [1.807, 2.05) is 19.1 Å². The Bertz CT molecular complexity index is 1170. The zero-order valence-electron chi connectivity index (χ0n) is 26.7. The molecule has 224 valence electrons. The Kier molecular flexibility index (Phi) is 14.0. The molecule has 1 heterocycles. The largest absolute Gasteiger partial charge is 0.498 e. The SMILES string of the molecule is C=c1oc(-c2ccc(CCCCC)cc2CC)c/c1=C/C=C(\C)OCC(CCCCO)CO[Si](C)(C)C(C)(C)C.